The summed E-state index contributed by atoms with van der Waals surface area (Å²) < 4.78 is 37.5. The molecule has 0 bridgehead atoms. The highest BCUT2D eigenvalue weighted by Crippen LogP contribution is 2.29. The number of amides is 1. The van der Waals surface area contributed by atoms with Gasteiger partial charge in [-0.15, -0.1) is 0 Å². The Hall–Kier alpha value is -1.56. The summed E-state index contributed by atoms with van der Waals surface area (Å²) in [6.45, 7) is 4.07. The molecular weight excluding hydrogens is 269 g/mol. The van der Waals surface area contributed by atoms with E-state index in [1.807, 2.05) is 6.92 Å². The molecule has 0 saturated carbocycles. The normalized spacial score (nSPS) is 15.8. The van der Waals surface area contributed by atoms with Crippen LogP contribution in [0.2, 0.25) is 0 Å². The van der Waals surface area contributed by atoms with Gasteiger partial charge in [-0.05, 0) is 30.7 Å². The Bertz CT molecular complexity index is 466. The maximum atomic E-state index is 12.5. The van der Waals surface area contributed by atoms with E-state index in [2.05, 4.69) is 5.32 Å². The summed E-state index contributed by atoms with van der Waals surface area (Å²) in [6.07, 6.45) is -3.55. The van der Waals surface area contributed by atoms with E-state index in [0.717, 1.165) is 31.6 Å². The van der Waals surface area contributed by atoms with Crippen LogP contribution in [0.1, 0.15) is 29.3 Å². The fraction of sp³-hybridized carbons (Fsp3) is 0.500. The van der Waals surface area contributed by atoms with Crippen LogP contribution < -0.4 is 5.32 Å². The van der Waals surface area contributed by atoms with Gasteiger partial charge in [0, 0.05) is 25.2 Å². The highest BCUT2D eigenvalue weighted by atomic mass is 19.4. The molecule has 0 atom stereocenters. The van der Waals surface area contributed by atoms with Crippen LogP contribution in [0.3, 0.4) is 0 Å². The third kappa shape index (κ3) is 3.12. The maximum absolute atomic E-state index is 12.5. The average Bonchev–Trinajstić information content (AvgIpc) is 2.34. The lowest BCUT2D eigenvalue weighted by molar-refractivity contribution is -0.137. The van der Waals surface area contributed by atoms with Gasteiger partial charge in [-0.2, -0.15) is 13.2 Å². The third-order valence-corrected chi connectivity index (χ3v) is 3.39. The van der Waals surface area contributed by atoms with Crippen molar-refractivity contribution in [1.82, 2.24) is 10.2 Å². The molecule has 0 unspecified atom stereocenters. The molecule has 3 nitrogen and oxygen atoms in total. The van der Waals surface area contributed by atoms with Gasteiger partial charge in [-0.25, -0.2) is 0 Å². The highest BCUT2D eigenvalue weighted by molar-refractivity contribution is 5.94. The Morgan fingerprint density at radius 1 is 1.30 bits per heavy atom. The van der Waals surface area contributed by atoms with Crippen molar-refractivity contribution >= 4 is 5.91 Å². The molecule has 0 aromatic heterocycles. The van der Waals surface area contributed by atoms with Crippen LogP contribution in [0.4, 0.5) is 13.2 Å². The highest BCUT2D eigenvalue weighted by Gasteiger charge is 2.31. The van der Waals surface area contributed by atoms with E-state index >= 15 is 0 Å². The van der Waals surface area contributed by atoms with Gasteiger partial charge in [-0.1, -0.05) is 6.92 Å². The molecule has 20 heavy (non-hydrogen) atoms. The Labute approximate surface area is 115 Å². The summed E-state index contributed by atoms with van der Waals surface area (Å²) in [7, 11) is 0. The van der Waals surface area contributed by atoms with Crippen LogP contribution in [0, 0.1) is 0 Å². The van der Waals surface area contributed by atoms with Gasteiger partial charge >= 0.3 is 6.18 Å². The van der Waals surface area contributed by atoms with Crippen molar-refractivity contribution in [3.63, 3.8) is 0 Å². The first-order valence-corrected chi connectivity index (χ1v) is 6.62. The van der Waals surface area contributed by atoms with Crippen LogP contribution in [0.25, 0.3) is 0 Å². The van der Waals surface area contributed by atoms with Gasteiger partial charge in [0.05, 0.1) is 11.6 Å². The van der Waals surface area contributed by atoms with E-state index in [4.69, 9.17) is 0 Å². The quantitative estimate of drug-likeness (QED) is 0.922. The number of carbonyl (C=O) groups is 1. The Kier molecular flexibility index (Phi) is 4.32. The number of halogens is 3. The summed E-state index contributed by atoms with van der Waals surface area (Å²) in [5.74, 6) is -0.202. The summed E-state index contributed by atoms with van der Waals surface area (Å²) in [4.78, 5) is 14.1. The Morgan fingerprint density at radius 3 is 2.30 bits per heavy atom. The van der Waals surface area contributed by atoms with Gasteiger partial charge in [0.15, 0.2) is 0 Å². The average molecular weight is 286 g/mol. The minimum absolute atomic E-state index is 0.143. The summed E-state index contributed by atoms with van der Waals surface area (Å²) >= 11 is 0. The lowest BCUT2D eigenvalue weighted by atomic mass is 10.1. The van der Waals surface area contributed by atoms with Crippen LogP contribution in [-0.4, -0.2) is 36.5 Å². The molecule has 2 rings (SSSR count). The molecule has 1 aromatic carbocycles. The fourth-order valence-electron chi connectivity index (χ4n) is 2.15. The van der Waals surface area contributed by atoms with Crippen molar-refractivity contribution in [2.24, 2.45) is 0 Å². The molecule has 1 fully saturated rings. The van der Waals surface area contributed by atoms with E-state index in [9.17, 15) is 18.0 Å². The van der Waals surface area contributed by atoms with Crippen molar-refractivity contribution < 1.29 is 18.0 Å². The topological polar surface area (TPSA) is 32.3 Å². The zero-order valence-corrected chi connectivity index (χ0v) is 11.2. The van der Waals surface area contributed by atoms with Crippen molar-refractivity contribution in [3.8, 4) is 0 Å². The second-order valence-electron chi connectivity index (χ2n) is 4.89. The molecule has 1 saturated heterocycles. The van der Waals surface area contributed by atoms with E-state index < -0.39 is 11.7 Å². The number of rotatable bonds is 4. The van der Waals surface area contributed by atoms with Gasteiger partial charge in [0.25, 0.3) is 5.91 Å². The van der Waals surface area contributed by atoms with Crippen LogP contribution in [0.15, 0.2) is 24.3 Å². The number of nitrogens with one attached hydrogen (secondary N) is 1. The monoisotopic (exact) mass is 286 g/mol. The van der Waals surface area contributed by atoms with E-state index in [-0.39, 0.29) is 11.9 Å². The van der Waals surface area contributed by atoms with E-state index in [1.165, 1.54) is 12.1 Å². The van der Waals surface area contributed by atoms with Crippen LogP contribution in [-0.2, 0) is 6.18 Å². The summed E-state index contributed by atoms with van der Waals surface area (Å²) in [5.41, 5.74) is -0.431. The number of hydrogen-bond donors (Lipinski definition) is 1. The van der Waals surface area contributed by atoms with Gasteiger partial charge in [0.1, 0.15) is 0 Å². The minimum atomic E-state index is -4.37. The predicted molar refractivity (Wildman–Crippen MR) is 69.4 cm³/mol. The van der Waals surface area contributed by atoms with E-state index in [0.29, 0.717) is 12.1 Å². The molecule has 1 aliphatic heterocycles. The largest absolute Gasteiger partial charge is 0.416 e. The second-order valence-corrected chi connectivity index (χ2v) is 4.89. The molecular formula is C14H17F3N2O. The van der Waals surface area contributed by atoms with Crippen molar-refractivity contribution in [1.29, 1.82) is 0 Å². The molecule has 1 N–H and O–H groups in total. The lowest BCUT2D eigenvalue weighted by Gasteiger charge is -2.38. The molecule has 1 heterocycles. The second kappa shape index (κ2) is 5.83. The number of carbonyl (C=O) groups excluding carboxylic acids is 1. The van der Waals surface area contributed by atoms with Crippen molar-refractivity contribution in [2.45, 2.75) is 25.6 Å². The summed E-state index contributed by atoms with van der Waals surface area (Å²) in [6, 6.07) is 4.55. The smallest absolute Gasteiger partial charge is 0.333 e. The zero-order chi connectivity index (χ0) is 14.8. The minimum Gasteiger partial charge on any atom is -0.333 e. The molecule has 1 aliphatic rings. The molecule has 6 heteroatoms. The standard InChI is InChI=1S/C14H17F3N2O/c1-2-7-19(12-8-18-9-12)13(20)10-3-5-11(6-4-10)14(15,16)17/h3-6,12,18H,2,7-9H2,1H3. The maximum Gasteiger partial charge on any atom is 0.416 e. The number of benzene rings is 1. The lowest BCUT2D eigenvalue weighted by Crippen LogP contribution is -2.59. The summed E-state index contributed by atoms with van der Waals surface area (Å²) in [5, 5.41) is 3.09. The number of hydrogen-bond acceptors (Lipinski definition) is 2. The van der Waals surface area contributed by atoms with Crippen LogP contribution in [0.5, 0.6) is 0 Å². The molecule has 1 aromatic rings. The van der Waals surface area contributed by atoms with Crippen LogP contribution >= 0.6 is 0 Å². The van der Waals surface area contributed by atoms with E-state index in [1.54, 1.807) is 4.90 Å². The molecule has 0 radical (unpaired) electrons. The first-order valence-electron chi connectivity index (χ1n) is 6.62. The molecule has 110 valence electrons. The number of nitrogens with zero attached hydrogens (tertiary/aromatic N) is 1. The van der Waals surface area contributed by atoms with Gasteiger partial charge in [-0.3, -0.25) is 4.79 Å². The van der Waals surface area contributed by atoms with Crippen molar-refractivity contribution in [3.05, 3.63) is 35.4 Å². The predicted octanol–water partition coefficient (Wildman–Crippen LogP) is 2.53. The Morgan fingerprint density at radius 2 is 1.90 bits per heavy atom. The number of alkyl halides is 3. The fourth-order valence-corrected chi connectivity index (χ4v) is 2.15. The van der Waals surface area contributed by atoms with Gasteiger partial charge < -0.3 is 10.2 Å². The van der Waals surface area contributed by atoms with Gasteiger partial charge in [0.2, 0.25) is 0 Å². The first kappa shape index (κ1) is 14.8. The SMILES string of the molecule is CCCN(C(=O)c1ccc(C(F)(F)F)cc1)C1CNC1. The first-order chi connectivity index (χ1) is 9.43. The Balaban J connectivity index is 2.14. The molecule has 0 spiro atoms. The zero-order valence-electron chi connectivity index (χ0n) is 11.2. The third-order valence-electron chi connectivity index (χ3n) is 3.39. The molecule has 0 aliphatic carbocycles. The van der Waals surface area contributed by atoms with Crippen molar-refractivity contribution in [2.75, 3.05) is 19.6 Å². The molecule has 1 amide bonds.